The fourth-order valence-electron chi connectivity index (χ4n) is 2.62. The summed E-state index contributed by atoms with van der Waals surface area (Å²) in [4.78, 5) is 0. The third-order valence-electron chi connectivity index (χ3n) is 4.14. The molecule has 0 aromatic heterocycles. The highest BCUT2D eigenvalue weighted by atomic mass is 16.5. The minimum Gasteiger partial charge on any atom is -0.394 e. The molecule has 0 radical (unpaired) electrons. The van der Waals surface area contributed by atoms with Gasteiger partial charge in [-0.25, -0.2) is 0 Å². The Hall–Kier alpha value is -0.120. The molecule has 0 aliphatic heterocycles. The van der Waals surface area contributed by atoms with Crippen LogP contribution in [0.25, 0.3) is 0 Å². The van der Waals surface area contributed by atoms with Gasteiger partial charge in [-0.1, -0.05) is 13.8 Å². The zero-order valence-electron chi connectivity index (χ0n) is 12.0. The van der Waals surface area contributed by atoms with Gasteiger partial charge in [-0.2, -0.15) is 0 Å². The molecule has 0 amide bonds. The first-order valence-corrected chi connectivity index (χ1v) is 7.62. The highest BCUT2D eigenvalue weighted by molar-refractivity contribution is 5.04. The molecule has 0 heterocycles. The van der Waals surface area contributed by atoms with Crippen molar-refractivity contribution in [3.8, 4) is 0 Å². The molecule has 2 aliphatic carbocycles. The normalized spacial score (nSPS) is 23.3. The summed E-state index contributed by atoms with van der Waals surface area (Å²) in [6.07, 6.45) is 7.38. The molecule has 0 aromatic carbocycles. The third kappa shape index (κ3) is 4.22. The Kier molecular flexibility index (Phi) is 5.05. The largest absolute Gasteiger partial charge is 0.394 e. The Morgan fingerprint density at radius 3 is 2.50 bits per heavy atom. The summed E-state index contributed by atoms with van der Waals surface area (Å²) in [5, 5.41) is 13.4. The SMILES string of the molecule is CC(C)CCCOCC(CO)(NC1CC1)C1CC1. The Bertz CT molecular complexity index is 249. The van der Waals surface area contributed by atoms with E-state index < -0.39 is 0 Å². The van der Waals surface area contributed by atoms with Crippen LogP contribution in [0.1, 0.15) is 52.4 Å². The van der Waals surface area contributed by atoms with Crippen molar-refractivity contribution >= 4 is 0 Å². The molecular weight excluding hydrogens is 226 g/mol. The van der Waals surface area contributed by atoms with Crippen molar-refractivity contribution in [1.82, 2.24) is 5.32 Å². The molecule has 0 aromatic rings. The summed E-state index contributed by atoms with van der Waals surface area (Å²) < 4.78 is 5.85. The van der Waals surface area contributed by atoms with Crippen LogP contribution in [0.4, 0.5) is 0 Å². The summed E-state index contributed by atoms with van der Waals surface area (Å²) in [6.45, 7) is 6.23. The van der Waals surface area contributed by atoms with Gasteiger partial charge in [0.05, 0.1) is 18.8 Å². The van der Waals surface area contributed by atoms with E-state index in [0.29, 0.717) is 18.6 Å². The van der Waals surface area contributed by atoms with Crippen LogP contribution in [-0.2, 0) is 4.74 Å². The number of hydrogen-bond donors (Lipinski definition) is 2. The van der Waals surface area contributed by atoms with Crippen LogP contribution in [0.2, 0.25) is 0 Å². The van der Waals surface area contributed by atoms with Crippen molar-refractivity contribution < 1.29 is 9.84 Å². The minimum atomic E-state index is -0.140. The second kappa shape index (κ2) is 6.36. The molecule has 1 atom stereocenters. The summed E-state index contributed by atoms with van der Waals surface area (Å²) in [5.41, 5.74) is -0.140. The molecule has 1 unspecified atom stereocenters. The zero-order valence-corrected chi connectivity index (χ0v) is 12.0. The van der Waals surface area contributed by atoms with Crippen LogP contribution < -0.4 is 5.32 Å². The summed E-state index contributed by atoms with van der Waals surface area (Å²) >= 11 is 0. The van der Waals surface area contributed by atoms with Crippen molar-refractivity contribution in [3.63, 3.8) is 0 Å². The lowest BCUT2D eigenvalue weighted by atomic mass is 9.95. The van der Waals surface area contributed by atoms with Gasteiger partial charge in [0, 0.05) is 12.6 Å². The van der Waals surface area contributed by atoms with Crippen LogP contribution in [0.3, 0.4) is 0 Å². The van der Waals surface area contributed by atoms with E-state index in [2.05, 4.69) is 19.2 Å². The summed E-state index contributed by atoms with van der Waals surface area (Å²) in [7, 11) is 0. The number of aliphatic hydroxyl groups is 1. The van der Waals surface area contributed by atoms with E-state index in [1.54, 1.807) is 0 Å². The van der Waals surface area contributed by atoms with Gasteiger partial charge in [0.1, 0.15) is 0 Å². The Balaban J connectivity index is 1.70. The van der Waals surface area contributed by atoms with Crippen molar-refractivity contribution in [2.24, 2.45) is 11.8 Å². The van der Waals surface area contributed by atoms with Gasteiger partial charge in [0.15, 0.2) is 0 Å². The second-order valence-electron chi connectivity index (χ2n) is 6.60. The van der Waals surface area contributed by atoms with Crippen molar-refractivity contribution in [2.75, 3.05) is 19.8 Å². The lowest BCUT2D eigenvalue weighted by molar-refractivity contribution is 0.0205. The van der Waals surface area contributed by atoms with Gasteiger partial charge >= 0.3 is 0 Å². The number of hydrogen-bond acceptors (Lipinski definition) is 3. The Labute approximate surface area is 111 Å². The maximum Gasteiger partial charge on any atom is 0.0681 e. The molecule has 2 N–H and O–H groups in total. The number of rotatable bonds is 10. The van der Waals surface area contributed by atoms with Crippen molar-refractivity contribution in [2.45, 2.75) is 64.0 Å². The molecule has 0 spiro atoms. The van der Waals surface area contributed by atoms with Gasteiger partial charge in [-0.15, -0.1) is 0 Å². The standard InChI is InChI=1S/C15H29NO2/c1-12(2)4-3-9-18-11-15(10-17,13-5-6-13)16-14-7-8-14/h12-14,16-17H,3-11H2,1-2H3. The molecule has 2 rings (SSSR count). The van der Waals surface area contributed by atoms with Crippen LogP contribution in [0, 0.1) is 11.8 Å². The lowest BCUT2D eigenvalue weighted by Gasteiger charge is -2.33. The van der Waals surface area contributed by atoms with Crippen LogP contribution >= 0.6 is 0 Å². The van der Waals surface area contributed by atoms with E-state index in [9.17, 15) is 5.11 Å². The smallest absolute Gasteiger partial charge is 0.0681 e. The topological polar surface area (TPSA) is 41.5 Å². The predicted octanol–water partition coefficient (Wildman–Crippen LogP) is 2.33. The highest BCUT2D eigenvalue weighted by Gasteiger charge is 2.47. The first-order chi connectivity index (χ1) is 8.66. The summed E-state index contributed by atoms with van der Waals surface area (Å²) in [6, 6.07) is 0.636. The van der Waals surface area contributed by atoms with Gasteiger partial charge in [-0.3, -0.25) is 0 Å². The number of aliphatic hydroxyl groups excluding tert-OH is 1. The lowest BCUT2D eigenvalue weighted by Crippen LogP contribution is -2.55. The average Bonchev–Trinajstić information content (AvgIpc) is 3.18. The van der Waals surface area contributed by atoms with E-state index in [1.807, 2.05) is 0 Å². The van der Waals surface area contributed by atoms with E-state index in [1.165, 1.54) is 32.1 Å². The van der Waals surface area contributed by atoms with Crippen LogP contribution in [0.5, 0.6) is 0 Å². The zero-order chi connectivity index (χ0) is 13.0. The molecule has 3 nitrogen and oxygen atoms in total. The van der Waals surface area contributed by atoms with E-state index in [4.69, 9.17) is 4.74 Å². The molecule has 0 saturated heterocycles. The average molecular weight is 255 g/mol. The molecule has 18 heavy (non-hydrogen) atoms. The number of ether oxygens (including phenoxy) is 1. The molecule has 0 bridgehead atoms. The van der Waals surface area contributed by atoms with Crippen molar-refractivity contribution in [1.29, 1.82) is 0 Å². The molecular formula is C15H29NO2. The fraction of sp³-hybridized carbons (Fsp3) is 1.00. The fourth-order valence-corrected chi connectivity index (χ4v) is 2.62. The molecule has 2 saturated carbocycles. The highest BCUT2D eigenvalue weighted by Crippen LogP contribution is 2.41. The Morgan fingerprint density at radius 2 is 2.00 bits per heavy atom. The molecule has 106 valence electrons. The molecule has 2 aliphatic rings. The van der Waals surface area contributed by atoms with E-state index in [0.717, 1.165) is 18.9 Å². The van der Waals surface area contributed by atoms with Crippen LogP contribution in [0.15, 0.2) is 0 Å². The van der Waals surface area contributed by atoms with Gasteiger partial charge < -0.3 is 15.2 Å². The van der Waals surface area contributed by atoms with Gasteiger partial charge in [0.2, 0.25) is 0 Å². The monoisotopic (exact) mass is 255 g/mol. The van der Waals surface area contributed by atoms with Crippen LogP contribution in [-0.4, -0.2) is 36.5 Å². The third-order valence-corrected chi connectivity index (χ3v) is 4.14. The maximum atomic E-state index is 9.77. The number of nitrogens with one attached hydrogen (secondary N) is 1. The van der Waals surface area contributed by atoms with Gasteiger partial charge in [0.25, 0.3) is 0 Å². The summed E-state index contributed by atoms with van der Waals surface area (Å²) in [5.74, 6) is 1.39. The first kappa shape index (κ1) is 14.3. The predicted molar refractivity (Wildman–Crippen MR) is 73.6 cm³/mol. The molecule has 2 fully saturated rings. The minimum absolute atomic E-state index is 0.140. The Morgan fingerprint density at radius 1 is 1.28 bits per heavy atom. The first-order valence-electron chi connectivity index (χ1n) is 7.62. The maximum absolute atomic E-state index is 9.77. The van der Waals surface area contributed by atoms with E-state index >= 15 is 0 Å². The van der Waals surface area contributed by atoms with Gasteiger partial charge in [-0.05, 0) is 50.4 Å². The van der Waals surface area contributed by atoms with E-state index in [-0.39, 0.29) is 12.1 Å². The quantitative estimate of drug-likeness (QED) is 0.589. The second-order valence-corrected chi connectivity index (χ2v) is 6.60. The molecule has 3 heteroatoms. The van der Waals surface area contributed by atoms with Crippen molar-refractivity contribution in [3.05, 3.63) is 0 Å².